The summed E-state index contributed by atoms with van der Waals surface area (Å²) in [7, 11) is 0. The minimum absolute atomic E-state index is 0.0820. The van der Waals surface area contributed by atoms with Crippen molar-refractivity contribution in [3.63, 3.8) is 0 Å². The van der Waals surface area contributed by atoms with Gasteiger partial charge in [-0.1, -0.05) is 12.1 Å². The number of benzene rings is 2. The van der Waals surface area contributed by atoms with E-state index in [2.05, 4.69) is 5.32 Å². The van der Waals surface area contributed by atoms with E-state index in [9.17, 15) is 14.9 Å². The van der Waals surface area contributed by atoms with Gasteiger partial charge in [0.05, 0.1) is 11.5 Å². The molecule has 0 saturated carbocycles. The minimum atomic E-state index is -0.529. The van der Waals surface area contributed by atoms with Crippen LogP contribution in [0.4, 0.5) is 11.4 Å². The molecule has 7 heteroatoms. The number of hydrogen-bond acceptors (Lipinski definition) is 5. The van der Waals surface area contributed by atoms with Crippen molar-refractivity contribution < 1.29 is 14.8 Å². The number of nitrogens with two attached hydrogens (primary N) is 1. The SMILES string of the molecule is NCc1ccc(CO)cc1NC(=O)c1ccc([N+](=O)[O-])cc1. The number of aliphatic hydroxyl groups is 1. The second-order valence-electron chi connectivity index (χ2n) is 4.61. The van der Waals surface area contributed by atoms with Crippen molar-refractivity contribution in [1.29, 1.82) is 0 Å². The van der Waals surface area contributed by atoms with Crippen molar-refractivity contribution in [2.75, 3.05) is 5.32 Å². The Bertz CT molecular complexity index is 698. The topological polar surface area (TPSA) is 118 Å². The zero-order chi connectivity index (χ0) is 16.1. The Morgan fingerprint density at radius 3 is 2.45 bits per heavy atom. The number of nitrogens with one attached hydrogen (secondary N) is 1. The first-order valence-corrected chi connectivity index (χ1v) is 6.53. The molecule has 0 aliphatic rings. The molecule has 0 aliphatic carbocycles. The number of anilines is 1. The van der Waals surface area contributed by atoms with E-state index in [1.807, 2.05) is 0 Å². The molecule has 0 saturated heterocycles. The van der Waals surface area contributed by atoms with Crippen LogP contribution in [-0.2, 0) is 13.2 Å². The van der Waals surface area contributed by atoms with Gasteiger partial charge in [0.2, 0.25) is 0 Å². The van der Waals surface area contributed by atoms with Crippen LogP contribution < -0.4 is 11.1 Å². The maximum Gasteiger partial charge on any atom is 0.269 e. The summed E-state index contributed by atoms with van der Waals surface area (Å²) in [6.07, 6.45) is 0. The van der Waals surface area contributed by atoms with E-state index in [1.54, 1.807) is 18.2 Å². The first-order chi connectivity index (χ1) is 10.5. The van der Waals surface area contributed by atoms with Gasteiger partial charge >= 0.3 is 0 Å². The molecule has 7 nitrogen and oxygen atoms in total. The summed E-state index contributed by atoms with van der Waals surface area (Å²) in [5.41, 5.74) is 7.72. The van der Waals surface area contributed by atoms with Crippen LogP contribution in [0.2, 0.25) is 0 Å². The fourth-order valence-corrected chi connectivity index (χ4v) is 1.95. The van der Waals surface area contributed by atoms with Crippen molar-refractivity contribution in [2.24, 2.45) is 5.73 Å². The van der Waals surface area contributed by atoms with E-state index in [4.69, 9.17) is 10.8 Å². The van der Waals surface area contributed by atoms with Crippen molar-refractivity contribution in [2.45, 2.75) is 13.2 Å². The largest absolute Gasteiger partial charge is 0.392 e. The van der Waals surface area contributed by atoms with Crippen LogP contribution in [0.15, 0.2) is 42.5 Å². The molecule has 0 radical (unpaired) electrons. The zero-order valence-electron chi connectivity index (χ0n) is 11.7. The standard InChI is InChI=1S/C15H15N3O4/c16-8-12-2-1-10(9-19)7-14(12)17-15(20)11-3-5-13(6-4-11)18(21)22/h1-7,19H,8-9,16H2,(H,17,20). The van der Waals surface area contributed by atoms with Gasteiger partial charge in [-0.05, 0) is 29.3 Å². The van der Waals surface area contributed by atoms with E-state index in [1.165, 1.54) is 24.3 Å². The van der Waals surface area contributed by atoms with Crippen molar-refractivity contribution in [3.05, 3.63) is 69.3 Å². The molecule has 0 aliphatic heterocycles. The number of rotatable bonds is 5. The summed E-state index contributed by atoms with van der Waals surface area (Å²) in [5, 5.41) is 22.4. The van der Waals surface area contributed by atoms with Gasteiger partial charge in [-0.15, -0.1) is 0 Å². The number of nitrogens with zero attached hydrogens (tertiary/aromatic N) is 1. The smallest absolute Gasteiger partial charge is 0.269 e. The Balaban J connectivity index is 2.22. The van der Waals surface area contributed by atoms with Crippen molar-refractivity contribution in [1.82, 2.24) is 0 Å². The van der Waals surface area contributed by atoms with Gasteiger partial charge < -0.3 is 16.2 Å². The molecule has 114 valence electrons. The molecule has 0 aromatic heterocycles. The van der Waals surface area contributed by atoms with E-state index in [-0.39, 0.29) is 18.8 Å². The monoisotopic (exact) mass is 301 g/mol. The molecule has 2 aromatic carbocycles. The predicted molar refractivity (Wildman–Crippen MR) is 81.3 cm³/mol. The normalized spacial score (nSPS) is 10.3. The average molecular weight is 301 g/mol. The second kappa shape index (κ2) is 6.79. The molecule has 0 unspecified atom stereocenters. The molecule has 4 N–H and O–H groups in total. The number of non-ortho nitro benzene ring substituents is 1. The summed E-state index contributed by atoms with van der Waals surface area (Å²) in [6.45, 7) is 0.0901. The van der Waals surface area contributed by atoms with Crippen LogP contribution in [0.1, 0.15) is 21.5 Å². The Morgan fingerprint density at radius 1 is 1.23 bits per heavy atom. The van der Waals surface area contributed by atoms with Crippen LogP contribution in [0.5, 0.6) is 0 Å². The van der Waals surface area contributed by atoms with Crippen molar-refractivity contribution in [3.8, 4) is 0 Å². The third-order valence-electron chi connectivity index (χ3n) is 3.17. The van der Waals surface area contributed by atoms with E-state index < -0.39 is 10.8 Å². The number of amides is 1. The molecular weight excluding hydrogens is 286 g/mol. The highest BCUT2D eigenvalue weighted by atomic mass is 16.6. The molecule has 0 spiro atoms. The predicted octanol–water partition coefficient (Wildman–Crippen LogP) is 1.80. The fourth-order valence-electron chi connectivity index (χ4n) is 1.95. The Kier molecular flexibility index (Phi) is 4.82. The lowest BCUT2D eigenvalue weighted by molar-refractivity contribution is -0.384. The van der Waals surface area contributed by atoms with Gasteiger partial charge in [0.25, 0.3) is 11.6 Å². The Hall–Kier alpha value is -2.77. The lowest BCUT2D eigenvalue weighted by Crippen LogP contribution is -2.14. The molecule has 0 bridgehead atoms. The number of hydrogen-bond donors (Lipinski definition) is 3. The van der Waals surface area contributed by atoms with Crippen LogP contribution >= 0.6 is 0 Å². The number of nitro groups is 1. The van der Waals surface area contributed by atoms with Crippen LogP contribution in [-0.4, -0.2) is 15.9 Å². The minimum Gasteiger partial charge on any atom is -0.392 e. The second-order valence-corrected chi connectivity index (χ2v) is 4.61. The van der Waals surface area contributed by atoms with Gasteiger partial charge in [-0.2, -0.15) is 0 Å². The van der Waals surface area contributed by atoms with Crippen LogP contribution in [0, 0.1) is 10.1 Å². The maximum atomic E-state index is 12.2. The Morgan fingerprint density at radius 2 is 1.91 bits per heavy atom. The molecular formula is C15H15N3O4. The highest BCUT2D eigenvalue weighted by molar-refractivity contribution is 6.04. The van der Waals surface area contributed by atoms with Crippen molar-refractivity contribution >= 4 is 17.3 Å². The summed E-state index contributed by atoms with van der Waals surface area (Å²) < 4.78 is 0. The van der Waals surface area contributed by atoms with E-state index >= 15 is 0 Å². The lowest BCUT2D eigenvalue weighted by Gasteiger charge is -2.11. The van der Waals surface area contributed by atoms with Gasteiger partial charge in [0, 0.05) is 29.9 Å². The van der Waals surface area contributed by atoms with Gasteiger partial charge in [0.15, 0.2) is 0 Å². The van der Waals surface area contributed by atoms with E-state index in [0.717, 1.165) is 5.56 Å². The number of carbonyl (C=O) groups excluding carboxylic acids is 1. The summed E-state index contributed by atoms with van der Waals surface area (Å²) in [6, 6.07) is 10.4. The first-order valence-electron chi connectivity index (χ1n) is 6.53. The highest BCUT2D eigenvalue weighted by Crippen LogP contribution is 2.19. The summed E-state index contributed by atoms with van der Waals surface area (Å²) >= 11 is 0. The van der Waals surface area contributed by atoms with Gasteiger partial charge in [-0.25, -0.2) is 0 Å². The molecule has 0 atom stereocenters. The van der Waals surface area contributed by atoms with Crippen LogP contribution in [0.3, 0.4) is 0 Å². The molecule has 0 heterocycles. The third kappa shape index (κ3) is 3.46. The molecule has 1 amide bonds. The quantitative estimate of drug-likeness (QED) is 0.574. The third-order valence-corrected chi connectivity index (χ3v) is 3.17. The number of nitro benzene ring substituents is 1. The molecule has 2 rings (SSSR count). The van der Waals surface area contributed by atoms with Crippen LogP contribution in [0.25, 0.3) is 0 Å². The fraction of sp³-hybridized carbons (Fsp3) is 0.133. The molecule has 22 heavy (non-hydrogen) atoms. The summed E-state index contributed by atoms with van der Waals surface area (Å²) in [5.74, 6) is -0.403. The number of aliphatic hydroxyl groups excluding tert-OH is 1. The van der Waals surface area contributed by atoms with Gasteiger partial charge in [-0.3, -0.25) is 14.9 Å². The molecule has 2 aromatic rings. The lowest BCUT2D eigenvalue weighted by atomic mass is 10.1. The van der Waals surface area contributed by atoms with E-state index in [0.29, 0.717) is 16.8 Å². The maximum absolute atomic E-state index is 12.2. The Labute approximate surface area is 126 Å². The number of carbonyl (C=O) groups is 1. The zero-order valence-corrected chi connectivity index (χ0v) is 11.7. The molecule has 0 fully saturated rings. The summed E-state index contributed by atoms with van der Waals surface area (Å²) in [4.78, 5) is 22.2. The first kappa shape index (κ1) is 15.6. The van der Waals surface area contributed by atoms with Gasteiger partial charge in [0.1, 0.15) is 0 Å². The highest BCUT2D eigenvalue weighted by Gasteiger charge is 2.11. The average Bonchev–Trinajstić information content (AvgIpc) is 2.54.